The Labute approximate surface area is 87.0 Å². The molecule has 5 nitrogen and oxygen atoms in total. The van der Waals surface area contributed by atoms with Crippen molar-refractivity contribution in [3.05, 3.63) is 23.8 Å². The molecule has 0 aliphatic carbocycles. The van der Waals surface area contributed by atoms with Gasteiger partial charge in [-0.2, -0.15) is 4.98 Å². The second-order valence-electron chi connectivity index (χ2n) is 2.62. The first-order valence-corrected chi connectivity index (χ1v) is 4.17. The highest BCUT2D eigenvalue weighted by atomic mass is 16.5. The van der Waals surface area contributed by atoms with E-state index in [-0.39, 0.29) is 0 Å². The van der Waals surface area contributed by atoms with Crippen molar-refractivity contribution in [3.8, 4) is 11.8 Å². The molecule has 0 saturated carbocycles. The number of aromatic nitrogens is 1. The molecule has 80 valence electrons. The second-order valence-corrected chi connectivity index (χ2v) is 2.62. The summed E-state index contributed by atoms with van der Waals surface area (Å²) < 4.78 is 9.89. The molecule has 0 amide bonds. The molecular weight excluding hydrogens is 198 g/mol. The van der Waals surface area contributed by atoms with Crippen molar-refractivity contribution < 1.29 is 19.4 Å². The van der Waals surface area contributed by atoms with Gasteiger partial charge in [0.1, 0.15) is 0 Å². The van der Waals surface area contributed by atoms with Gasteiger partial charge in [-0.3, -0.25) is 0 Å². The molecule has 5 heteroatoms. The summed E-state index contributed by atoms with van der Waals surface area (Å²) >= 11 is 0. The van der Waals surface area contributed by atoms with Crippen molar-refractivity contribution in [3.63, 3.8) is 0 Å². The van der Waals surface area contributed by atoms with Crippen LogP contribution in [-0.2, 0) is 4.79 Å². The van der Waals surface area contributed by atoms with Gasteiger partial charge in [-0.15, -0.1) is 0 Å². The predicted octanol–water partition coefficient (Wildman–Crippen LogP) is 1.20. The number of methoxy groups -OCH3 is 2. The molecule has 0 aliphatic heterocycles. The summed E-state index contributed by atoms with van der Waals surface area (Å²) in [7, 11) is 2.95. The van der Waals surface area contributed by atoms with Crippen LogP contribution in [-0.4, -0.2) is 30.3 Å². The molecule has 1 heterocycles. The van der Waals surface area contributed by atoms with Crippen molar-refractivity contribution in [2.75, 3.05) is 14.2 Å². The monoisotopic (exact) mass is 209 g/mol. The van der Waals surface area contributed by atoms with Crippen LogP contribution in [0.2, 0.25) is 0 Å². The minimum absolute atomic E-state index is 0.326. The quantitative estimate of drug-likeness (QED) is 0.754. The van der Waals surface area contributed by atoms with E-state index in [9.17, 15) is 4.79 Å². The van der Waals surface area contributed by atoms with E-state index in [0.717, 1.165) is 6.08 Å². The maximum absolute atomic E-state index is 10.3. The Balaban J connectivity index is 3.02. The maximum Gasteiger partial charge on any atom is 0.328 e. The van der Waals surface area contributed by atoms with Gasteiger partial charge in [-0.25, -0.2) is 4.79 Å². The van der Waals surface area contributed by atoms with Gasteiger partial charge in [-0.1, -0.05) is 0 Å². The van der Waals surface area contributed by atoms with Gasteiger partial charge in [0.15, 0.2) is 0 Å². The summed E-state index contributed by atoms with van der Waals surface area (Å²) in [5, 5.41) is 8.47. The van der Waals surface area contributed by atoms with E-state index in [4.69, 9.17) is 14.6 Å². The first-order chi connectivity index (χ1) is 7.17. The number of aliphatic carboxylic acids is 1. The highest BCUT2D eigenvalue weighted by Crippen LogP contribution is 2.20. The molecule has 1 rings (SSSR count). The minimum atomic E-state index is -1.02. The summed E-state index contributed by atoms with van der Waals surface area (Å²) in [6.45, 7) is 0. The van der Waals surface area contributed by atoms with Gasteiger partial charge < -0.3 is 14.6 Å². The first-order valence-electron chi connectivity index (χ1n) is 4.17. The molecule has 0 atom stereocenters. The van der Waals surface area contributed by atoms with Crippen molar-refractivity contribution in [2.45, 2.75) is 0 Å². The molecule has 15 heavy (non-hydrogen) atoms. The molecule has 1 aromatic rings. The molecule has 0 saturated heterocycles. The first kappa shape index (κ1) is 11.0. The SMILES string of the molecule is COc1ccc(/C=C/C(=O)O)c(OC)n1. The van der Waals surface area contributed by atoms with Crippen LogP contribution in [0.1, 0.15) is 5.56 Å². The Hall–Kier alpha value is -2.04. The Morgan fingerprint density at radius 3 is 2.67 bits per heavy atom. The van der Waals surface area contributed by atoms with Crippen LogP contribution >= 0.6 is 0 Å². The zero-order chi connectivity index (χ0) is 11.3. The fourth-order valence-corrected chi connectivity index (χ4v) is 0.999. The van der Waals surface area contributed by atoms with Crippen LogP contribution in [0.5, 0.6) is 11.8 Å². The van der Waals surface area contributed by atoms with Crippen LogP contribution in [0.25, 0.3) is 6.08 Å². The lowest BCUT2D eigenvalue weighted by Gasteiger charge is -2.05. The number of rotatable bonds is 4. The van der Waals surface area contributed by atoms with E-state index < -0.39 is 5.97 Å². The van der Waals surface area contributed by atoms with E-state index in [2.05, 4.69) is 4.98 Å². The van der Waals surface area contributed by atoms with Gasteiger partial charge in [0.25, 0.3) is 0 Å². The number of ether oxygens (including phenoxy) is 2. The zero-order valence-electron chi connectivity index (χ0n) is 8.43. The molecular formula is C10H11NO4. The topological polar surface area (TPSA) is 68.7 Å². The highest BCUT2D eigenvalue weighted by molar-refractivity contribution is 5.85. The third-order valence-electron chi connectivity index (χ3n) is 1.67. The molecule has 1 aromatic heterocycles. The number of carbonyl (C=O) groups is 1. The van der Waals surface area contributed by atoms with Crippen molar-refractivity contribution >= 4 is 12.0 Å². The average molecular weight is 209 g/mol. The molecule has 0 bridgehead atoms. The lowest BCUT2D eigenvalue weighted by molar-refractivity contribution is -0.131. The Morgan fingerprint density at radius 1 is 1.40 bits per heavy atom. The van der Waals surface area contributed by atoms with Gasteiger partial charge in [0.2, 0.25) is 11.8 Å². The van der Waals surface area contributed by atoms with Crippen molar-refractivity contribution in [1.29, 1.82) is 0 Å². The number of carboxylic acid groups (broad SMARTS) is 1. The Kier molecular flexibility index (Phi) is 3.68. The van der Waals surface area contributed by atoms with Gasteiger partial charge in [0, 0.05) is 17.7 Å². The smallest absolute Gasteiger partial charge is 0.328 e. The van der Waals surface area contributed by atoms with Crippen molar-refractivity contribution in [2.24, 2.45) is 0 Å². The standard InChI is InChI=1S/C10H11NO4/c1-14-8-5-3-7(4-6-9(12)13)10(11-8)15-2/h3-6H,1-2H3,(H,12,13)/b6-4+. The molecule has 0 radical (unpaired) electrons. The largest absolute Gasteiger partial charge is 0.481 e. The van der Waals surface area contributed by atoms with Gasteiger partial charge in [-0.05, 0) is 12.1 Å². The number of carboxylic acids is 1. The molecule has 1 N–H and O–H groups in total. The number of hydrogen-bond acceptors (Lipinski definition) is 4. The minimum Gasteiger partial charge on any atom is -0.481 e. The van der Waals surface area contributed by atoms with Gasteiger partial charge in [0.05, 0.1) is 14.2 Å². The molecule has 0 aromatic carbocycles. The normalized spacial score (nSPS) is 10.3. The third kappa shape index (κ3) is 2.98. The highest BCUT2D eigenvalue weighted by Gasteiger charge is 2.03. The van der Waals surface area contributed by atoms with E-state index in [1.54, 1.807) is 12.1 Å². The van der Waals surface area contributed by atoms with Crippen LogP contribution in [0.15, 0.2) is 18.2 Å². The summed E-state index contributed by atoms with van der Waals surface area (Å²) in [4.78, 5) is 14.3. The lowest BCUT2D eigenvalue weighted by Crippen LogP contribution is -1.95. The third-order valence-corrected chi connectivity index (χ3v) is 1.67. The lowest BCUT2D eigenvalue weighted by atomic mass is 10.2. The number of hydrogen-bond donors (Lipinski definition) is 1. The van der Waals surface area contributed by atoms with E-state index >= 15 is 0 Å². The molecule has 0 unspecified atom stereocenters. The Morgan fingerprint density at radius 2 is 2.13 bits per heavy atom. The van der Waals surface area contributed by atoms with Crippen molar-refractivity contribution in [1.82, 2.24) is 4.98 Å². The second kappa shape index (κ2) is 4.99. The summed E-state index contributed by atoms with van der Waals surface area (Å²) in [5.74, 6) is -0.279. The summed E-state index contributed by atoms with van der Waals surface area (Å²) in [6, 6.07) is 3.30. The van der Waals surface area contributed by atoms with Crippen LogP contribution < -0.4 is 9.47 Å². The Bertz CT molecular complexity index is 387. The fraction of sp³-hybridized carbons (Fsp3) is 0.200. The van der Waals surface area contributed by atoms with Crippen LogP contribution in [0, 0.1) is 0 Å². The summed E-state index contributed by atoms with van der Waals surface area (Å²) in [5.41, 5.74) is 0.584. The number of nitrogens with zero attached hydrogens (tertiary/aromatic N) is 1. The number of pyridine rings is 1. The maximum atomic E-state index is 10.3. The fourth-order valence-electron chi connectivity index (χ4n) is 0.999. The van der Waals surface area contributed by atoms with E-state index in [0.29, 0.717) is 17.3 Å². The van der Waals surface area contributed by atoms with Gasteiger partial charge >= 0.3 is 5.97 Å². The van der Waals surface area contributed by atoms with Crippen LogP contribution in [0.3, 0.4) is 0 Å². The molecule has 0 aliphatic rings. The average Bonchev–Trinajstić information content (AvgIpc) is 2.25. The van der Waals surface area contributed by atoms with E-state index in [1.807, 2.05) is 0 Å². The summed E-state index contributed by atoms with van der Waals surface area (Å²) in [6.07, 6.45) is 2.43. The van der Waals surface area contributed by atoms with E-state index in [1.165, 1.54) is 20.3 Å². The predicted molar refractivity (Wildman–Crippen MR) is 54.0 cm³/mol. The zero-order valence-corrected chi connectivity index (χ0v) is 8.43. The molecule has 0 spiro atoms. The van der Waals surface area contributed by atoms with Crippen LogP contribution in [0.4, 0.5) is 0 Å². The molecule has 0 fully saturated rings.